The van der Waals surface area contributed by atoms with E-state index in [1.807, 2.05) is 43.5 Å². The summed E-state index contributed by atoms with van der Waals surface area (Å²) in [5.74, 6) is 0.597. The Balaban J connectivity index is 2.00. The number of nitrogens with zero attached hydrogens (tertiary/aromatic N) is 3. The summed E-state index contributed by atoms with van der Waals surface area (Å²) in [7, 11) is 0. The van der Waals surface area contributed by atoms with Gasteiger partial charge in [0.2, 0.25) is 0 Å². The van der Waals surface area contributed by atoms with Crippen molar-refractivity contribution in [3.05, 3.63) is 53.9 Å². The maximum Gasteiger partial charge on any atom is 0.145 e. The molecule has 5 nitrogen and oxygen atoms in total. The van der Waals surface area contributed by atoms with Crippen molar-refractivity contribution >= 4 is 16.7 Å². The van der Waals surface area contributed by atoms with Crippen LogP contribution in [-0.2, 0) is 0 Å². The van der Waals surface area contributed by atoms with Gasteiger partial charge in [-0.05, 0) is 19.1 Å². The van der Waals surface area contributed by atoms with Crippen LogP contribution in [0.2, 0.25) is 0 Å². The normalized spacial score (nSPS) is 12.0. The monoisotopic (exact) mass is 263 g/mol. The third-order valence-corrected chi connectivity index (χ3v) is 3.22. The van der Waals surface area contributed by atoms with Crippen LogP contribution in [0, 0.1) is 11.3 Å². The number of H-pyrrole nitrogens is 1. The molecule has 0 amide bonds. The molecule has 1 unspecified atom stereocenters. The van der Waals surface area contributed by atoms with Crippen LogP contribution >= 0.6 is 0 Å². The summed E-state index contributed by atoms with van der Waals surface area (Å²) >= 11 is 0. The molecular formula is C15H13N5. The minimum absolute atomic E-state index is 0.0227. The summed E-state index contributed by atoms with van der Waals surface area (Å²) in [5.41, 5.74) is 2.43. The van der Waals surface area contributed by atoms with Gasteiger partial charge in [-0.3, -0.25) is 5.10 Å². The number of rotatable bonds is 3. The minimum atomic E-state index is 0.0227. The first-order valence-corrected chi connectivity index (χ1v) is 6.33. The second kappa shape index (κ2) is 5.02. The second-order valence-corrected chi connectivity index (χ2v) is 4.59. The van der Waals surface area contributed by atoms with Gasteiger partial charge in [0, 0.05) is 17.1 Å². The topological polar surface area (TPSA) is 77.4 Å². The van der Waals surface area contributed by atoms with Crippen molar-refractivity contribution in [1.82, 2.24) is 15.2 Å². The molecule has 0 aliphatic rings. The number of anilines is 1. The van der Waals surface area contributed by atoms with Crippen molar-refractivity contribution < 1.29 is 0 Å². The third kappa shape index (κ3) is 2.19. The molecule has 1 aromatic carbocycles. The van der Waals surface area contributed by atoms with Gasteiger partial charge < -0.3 is 5.32 Å². The first-order chi connectivity index (χ1) is 9.78. The molecule has 0 fully saturated rings. The average molecular weight is 263 g/mol. The van der Waals surface area contributed by atoms with Crippen LogP contribution in [0.5, 0.6) is 0 Å². The van der Waals surface area contributed by atoms with E-state index < -0.39 is 0 Å². The van der Waals surface area contributed by atoms with Crippen LogP contribution < -0.4 is 5.32 Å². The number of aromatic amines is 1. The van der Waals surface area contributed by atoms with Crippen molar-refractivity contribution in [3.63, 3.8) is 0 Å². The molecule has 0 spiro atoms. The van der Waals surface area contributed by atoms with Gasteiger partial charge in [-0.2, -0.15) is 10.4 Å². The molecule has 0 saturated carbocycles. The highest BCUT2D eigenvalue weighted by Crippen LogP contribution is 2.23. The molecule has 3 aromatic rings. The summed E-state index contributed by atoms with van der Waals surface area (Å²) in [6.45, 7) is 2.00. The zero-order valence-corrected chi connectivity index (χ0v) is 11.0. The quantitative estimate of drug-likeness (QED) is 0.761. The largest absolute Gasteiger partial charge is 0.362 e. The number of para-hydroxylation sites is 1. The van der Waals surface area contributed by atoms with Gasteiger partial charge in [0.15, 0.2) is 0 Å². The summed E-state index contributed by atoms with van der Waals surface area (Å²) in [6.07, 6.45) is 3.58. The van der Waals surface area contributed by atoms with E-state index >= 15 is 0 Å². The van der Waals surface area contributed by atoms with E-state index in [1.165, 1.54) is 0 Å². The molecule has 0 bridgehead atoms. The molecule has 0 saturated heterocycles. The fraction of sp³-hybridized carbons (Fsp3) is 0.133. The predicted octanol–water partition coefficient (Wildman–Crippen LogP) is 3.00. The van der Waals surface area contributed by atoms with Gasteiger partial charge in [-0.25, -0.2) is 4.98 Å². The molecule has 0 aliphatic carbocycles. The van der Waals surface area contributed by atoms with Crippen molar-refractivity contribution in [3.8, 4) is 6.07 Å². The first kappa shape index (κ1) is 12.2. The van der Waals surface area contributed by atoms with Crippen molar-refractivity contribution in [2.75, 3.05) is 5.32 Å². The van der Waals surface area contributed by atoms with E-state index in [9.17, 15) is 5.26 Å². The van der Waals surface area contributed by atoms with Crippen LogP contribution in [-0.4, -0.2) is 15.2 Å². The van der Waals surface area contributed by atoms with E-state index in [4.69, 9.17) is 0 Å². The molecule has 5 heteroatoms. The Morgan fingerprint density at radius 2 is 2.20 bits per heavy atom. The third-order valence-electron chi connectivity index (χ3n) is 3.22. The number of nitrogens with one attached hydrogen (secondary N) is 2. The molecule has 1 atom stereocenters. The van der Waals surface area contributed by atoms with Crippen LogP contribution in [0.3, 0.4) is 0 Å². The van der Waals surface area contributed by atoms with Gasteiger partial charge >= 0.3 is 0 Å². The Morgan fingerprint density at radius 3 is 2.95 bits per heavy atom. The summed E-state index contributed by atoms with van der Waals surface area (Å²) in [5, 5.41) is 20.2. The van der Waals surface area contributed by atoms with Crippen LogP contribution in [0.15, 0.2) is 42.7 Å². The highest BCUT2D eigenvalue weighted by molar-refractivity contribution is 5.82. The number of pyridine rings is 1. The van der Waals surface area contributed by atoms with Crippen LogP contribution in [0.25, 0.3) is 10.9 Å². The molecule has 2 heterocycles. The Labute approximate surface area is 116 Å². The maximum absolute atomic E-state index is 9.27. The zero-order valence-electron chi connectivity index (χ0n) is 11.0. The lowest BCUT2D eigenvalue weighted by atomic mass is 10.1. The predicted molar refractivity (Wildman–Crippen MR) is 77.1 cm³/mol. The number of aromatic nitrogens is 3. The molecule has 0 aliphatic heterocycles. The average Bonchev–Trinajstić information content (AvgIpc) is 3.01. The zero-order chi connectivity index (χ0) is 13.9. The Hall–Kier alpha value is -2.87. The van der Waals surface area contributed by atoms with Gasteiger partial charge in [-0.15, -0.1) is 0 Å². The van der Waals surface area contributed by atoms with E-state index in [2.05, 4.69) is 26.6 Å². The number of benzene rings is 1. The minimum Gasteiger partial charge on any atom is -0.362 e. The van der Waals surface area contributed by atoms with Crippen molar-refractivity contribution in [2.24, 2.45) is 0 Å². The standard InChI is InChI=1S/C15H13N5/c1-10(13-8-17-18-9-13)19-15-12(7-16)6-11-4-2-3-5-14(11)20-15/h2-6,8-10H,1H3,(H,17,18)(H,19,20). The molecular weight excluding hydrogens is 250 g/mol. The number of hydrogen-bond donors (Lipinski definition) is 2. The van der Waals surface area contributed by atoms with E-state index in [-0.39, 0.29) is 6.04 Å². The van der Waals surface area contributed by atoms with Gasteiger partial charge in [0.25, 0.3) is 0 Å². The van der Waals surface area contributed by atoms with Gasteiger partial charge in [0.05, 0.1) is 23.3 Å². The van der Waals surface area contributed by atoms with E-state index in [0.29, 0.717) is 11.4 Å². The van der Waals surface area contributed by atoms with Crippen LogP contribution in [0.4, 0.5) is 5.82 Å². The molecule has 2 aromatic heterocycles. The number of hydrogen-bond acceptors (Lipinski definition) is 4. The van der Waals surface area contributed by atoms with E-state index in [0.717, 1.165) is 16.5 Å². The first-order valence-electron chi connectivity index (χ1n) is 6.33. The number of nitriles is 1. The number of fused-ring (bicyclic) bond motifs is 1. The van der Waals surface area contributed by atoms with Crippen molar-refractivity contribution in [1.29, 1.82) is 5.26 Å². The van der Waals surface area contributed by atoms with Gasteiger partial charge in [-0.1, -0.05) is 18.2 Å². The van der Waals surface area contributed by atoms with Crippen molar-refractivity contribution in [2.45, 2.75) is 13.0 Å². The summed E-state index contributed by atoms with van der Waals surface area (Å²) in [4.78, 5) is 4.53. The van der Waals surface area contributed by atoms with Crippen LogP contribution in [0.1, 0.15) is 24.1 Å². The lowest BCUT2D eigenvalue weighted by Crippen LogP contribution is -2.08. The molecule has 20 heavy (non-hydrogen) atoms. The highest BCUT2D eigenvalue weighted by Gasteiger charge is 2.11. The molecule has 3 rings (SSSR count). The lowest BCUT2D eigenvalue weighted by molar-refractivity contribution is 0.876. The fourth-order valence-electron chi connectivity index (χ4n) is 2.10. The SMILES string of the molecule is CC(Nc1nc2ccccc2cc1C#N)c1cn[nH]c1. The molecule has 0 radical (unpaired) electrons. The molecule has 98 valence electrons. The Kier molecular flexibility index (Phi) is 3.05. The Morgan fingerprint density at radius 1 is 1.35 bits per heavy atom. The second-order valence-electron chi connectivity index (χ2n) is 4.59. The molecule has 2 N–H and O–H groups in total. The maximum atomic E-state index is 9.27. The summed E-state index contributed by atoms with van der Waals surface area (Å²) in [6, 6.07) is 11.8. The lowest BCUT2D eigenvalue weighted by Gasteiger charge is -2.14. The highest BCUT2D eigenvalue weighted by atomic mass is 15.1. The van der Waals surface area contributed by atoms with Gasteiger partial charge in [0.1, 0.15) is 11.9 Å². The summed E-state index contributed by atoms with van der Waals surface area (Å²) < 4.78 is 0. The fourth-order valence-corrected chi connectivity index (χ4v) is 2.10. The smallest absolute Gasteiger partial charge is 0.145 e. The van der Waals surface area contributed by atoms with E-state index in [1.54, 1.807) is 6.20 Å². The Bertz CT molecular complexity index is 771.